The molecule has 0 spiro atoms. The van der Waals surface area contributed by atoms with Gasteiger partial charge in [-0.25, -0.2) is 4.79 Å². The van der Waals surface area contributed by atoms with Crippen molar-refractivity contribution in [1.29, 1.82) is 0 Å². The number of esters is 1. The SMILES string of the molecule is CC(=O)Nc1cccc(C(=O)OCC(=O)c2cc(C)n(CC3COc4ccccc4O3)c2C)c1. The molecular formula is C26H26N2O6. The second-order valence-corrected chi connectivity index (χ2v) is 8.15. The Bertz CT molecular complexity index is 1250. The van der Waals surface area contributed by atoms with Crippen LogP contribution in [-0.4, -0.2) is 41.5 Å². The maximum atomic E-state index is 12.8. The minimum Gasteiger partial charge on any atom is -0.486 e. The van der Waals surface area contributed by atoms with Gasteiger partial charge in [-0.3, -0.25) is 9.59 Å². The van der Waals surface area contributed by atoms with E-state index in [4.69, 9.17) is 14.2 Å². The average Bonchev–Trinajstić information content (AvgIpc) is 3.10. The number of carbonyl (C=O) groups excluding carboxylic acids is 3. The highest BCUT2D eigenvalue weighted by atomic mass is 16.6. The third kappa shape index (κ3) is 5.11. The first-order chi connectivity index (χ1) is 16.3. The predicted molar refractivity (Wildman–Crippen MR) is 126 cm³/mol. The molecule has 0 saturated heterocycles. The molecule has 1 N–H and O–H groups in total. The van der Waals surface area contributed by atoms with E-state index in [1.54, 1.807) is 24.3 Å². The number of para-hydroxylation sites is 2. The number of fused-ring (bicyclic) bond motifs is 1. The summed E-state index contributed by atoms with van der Waals surface area (Å²) < 4.78 is 19.1. The molecule has 8 heteroatoms. The normalized spacial score (nSPS) is 14.4. The molecule has 1 amide bonds. The molecular weight excluding hydrogens is 436 g/mol. The third-order valence-electron chi connectivity index (χ3n) is 5.58. The maximum absolute atomic E-state index is 12.8. The first kappa shape index (κ1) is 23.1. The van der Waals surface area contributed by atoms with E-state index in [0.29, 0.717) is 30.2 Å². The first-order valence-electron chi connectivity index (χ1n) is 10.9. The third-order valence-corrected chi connectivity index (χ3v) is 5.58. The van der Waals surface area contributed by atoms with Crippen molar-refractivity contribution in [2.45, 2.75) is 33.4 Å². The lowest BCUT2D eigenvalue weighted by Gasteiger charge is -2.27. The Morgan fingerprint density at radius 1 is 1.06 bits per heavy atom. The quantitative estimate of drug-likeness (QED) is 0.422. The zero-order chi connectivity index (χ0) is 24.2. The largest absolute Gasteiger partial charge is 0.486 e. The summed E-state index contributed by atoms with van der Waals surface area (Å²) in [5, 5.41) is 2.61. The van der Waals surface area contributed by atoms with Gasteiger partial charge in [0.05, 0.1) is 12.1 Å². The van der Waals surface area contributed by atoms with Gasteiger partial charge in [0.2, 0.25) is 11.7 Å². The van der Waals surface area contributed by atoms with Crippen LogP contribution in [0.25, 0.3) is 0 Å². The standard InChI is InChI=1S/C26H26N2O6/c1-16-11-22(17(2)28(16)13-21-14-32-24-9-4-5-10-25(24)34-21)23(30)15-33-26(31)19-7-6-8-20(12-19)27-18(3)29/h4-12,21H,13-15H2,1-3H3,(H,27,29). The molecule has 1 aliphatic rings. The minimum atomic E-state index is -0.638. The van der Waals surface area contributed by atoms with Crippen LogP contribution in [0.4, 0.5) is 5.69 Å². The van der Waals surface area contributed by atoms with Crippen molar-refractivity contribution >= 4 is 23.3 Å². The van der Waals surface area contributed by atoms with Gasteiger partial charge in [0.15, 0.2) is 24.2 Å². The fraction of sp³-hybridized carbons (Fsp3) is 0.269. The summed E-state index contributed by atoms with van der Waals surface area (Å²) in [7, 11) is 0. The van der Waals surface area contributed by atoms with E-state index < -0.39 is 5.97 Å². The molecule has 0 fully saturated rings. The van der Waals surface area contributed by atoms with Crippen LogP contribution in [0.15, 0.2) is 54.6 Å². The number of nitrogens with zero attached hydrogens (tertiary/aromatic N) is 1. The lowest BCUT2D eigenvalue weighted by atomic mass is 10.1. The van der Waals surface area contributed by atoms with Crippen molar-refractivity contribution in [3.63, 3.8) is 0 Å². The number of hydrogen-bond donors (Lipinski definition) is 1. The average molecular weight is 463 g/mol. The van der Waals surface area contributed by atoms with Crippen molar-refractivity contribution in [2.24, 2.45) is 0 Å². The van der Waals surface area contributed by atoms with Crippen LogP contribution in [0.2, 0.25) is 0 Å². The van der Waals surface area contributed by atoms with Crippen molar-refractivity contribution in [3.8, 4) is 11.5 Å². The number of Topliss-reactive ketones (excluding diaryl/α,β-unsaturated/α-hetero) is 1. The second-order valence-electron chi connectivity index (χ2n) is 8.15. The number of ether oxygens (including phenoxy) is 3. The van der Waals surface area contributed by atoms with Crippen LogP contribution in [0.5, 0.6) is 11.5 Å². The predicted octanol–water partition coefficient (Wildman–Crippen LogP) is 3.94. The number of hydrogen-bond acceptors (Lipinski definition) is 6. The Morgan fingerprint density at radius 2 is 1.82 bits per heavy atom. The molecule has 0 bridgehead atoms. The lowest BCUT2D eigenvalue weighted by molar-refractivity contribution is -0.114. The van der Waals surface area contributed by atoms with E-state index in [1.807, 2.05) is 42.7 Å². The summed E-state index contributed by atoms with van der Waals surface area (Å²) in [6.45, 7) is 5.70. The van der Waals surface area contributed by atoms with Crippen LogP contribution >= 0.6 is 0 Å². The number of anilines is 1. The van der Waals surface area contributed by atoms with Gasteiger partial charge in [-0.15, -0.1) is 0 Å². The summed E-state index contributed by atoms with van der Waals surface area (Å²) in [5.41, 5.74) is 2.90. The van der Waals surface area contributed by atoms with Crippen molar-refractivity contribution in [3.05, 3.63) is 77.1 Å². The molecule has 4 rings (SSSR count). The molecule has 0 radical (unpaired) electrons. The molecule has 2 aromatic carbocycles. The van der Waals surface area contributed by atoms with Gasteiger partial charge in [0.1, 0.15) is 6.61 Å². The minimum absolute atomic E-state index is 0.198. The smallest absolute Gasteiger partial charge is 0.338 e. The van der Waals surface area contributed by atoms with Crippen LogP contribution in [0.1, 0.15) is 39.0 Å². The molecule has 8 nitrogen and oxygen atoms in total. The zero-order valence-electron chi connectivity index (χ0n) is 19.3. The first-order valence-corrected chi connectivity index (χ1v) is 10.9. The molecule has 1 aliphatic heterocycles. The van der Waals surface area contributed by atoms with E-state index in [9.17, 15) is 14.4 Å². The van der Waals surface area contributed by atoms with Crippen LogP contribution < -0.4 is 14.8 Å². The second kappa shape index (κ2) is 9.82. The number of ketones is 1. The topological polar surface area (TPSA) is 95.9 Å². The van der Waals surface area contributed by atoms with Gasteiger partial charge in [-0.05, 0) is 50.2 Å². The summed E-state index contributed by atoms with van der Waals surface area (Å²) in [6, 6.07) is 15.7. The molecule has 1 unspecified atom stereocenters. The molecule has 1 atom stereocenters. The molecule has 176 valence electrons. The highest BCUT2D eigenvalue weighted by Gasteiger charge is 2.24. The van der Waals surface area contributed by atoms with Gasteiger partial charge < -0.3 is 24.1 Å². The number of rotatable bonds is 7. The molecule has 2 heterocycles. The molecule has 0 saturated carbocycles. The van der Waals surface area contributed by atoms with E-state index in [2.05, 4.69) is 5.32 Å². The van der Waals surface area contributed by atoms with Crippen LogP contribution in [0.3, 0.4) is 0 Å². The van der Waals surface area contributed by atoms with Gasteiger partial charge in [0, 0.05) is 29.6 Å². The van der Waals surface area contributed by atoms with Gasteiger partial charge in [0.25, 0.3) is 0 Å². The van der Waals surface area contributed by atoms with E-state index in [0.717, 1.165) is 17.1 Å². The zero-order valence-corrected chi connectivity index (χ0v) is 19.3. The maximum Gasteiger partial charge on any atom is 0.338 e. The Labute approximate surface area is 197 Å². The fourth-order valence-corrected chi connectivity index (χ4v) is 3.94. The Hall–Kier alpha value is -4.07. The van der Waals surface area contributed by atoms with E-state index in [-0.39, 0.29) is 30.0 Å². The number of nitrogens with one attached hydrogen (secondary N) is 1. The Kier molecular flexibility index (Phi) is 6.67. The van der Waals surface area contributed by atoms with E-state index >= 15 is 0 Å². The lowest BCUT2D eigenvalue weighted by Crippen LogP contribution is -2.33. The van der Waals surface area contributed by atoms with Gasteiger partial charge >= 0.3 is 5.97 Å². The Morgan fingerprint density at radius 3 is 2.59 bits per heavy atom. The van der Waals surface area contributed by atoms with Gasteiger partial charge in [-0.2, -0.15) is 0 Å². The van der Waals surface area contributed by atoms with E-state index in [1.165, 1.54) is 13.0 Å². The molecule has 3 aromatic rings. The number of amides is 1. The Balaban J connectivity index is 1.39. The van der Waals surface area contributed by atoms with Crippen molar-refractivity contribution in [1.82, 2.24) is 4.57 Å². The fourth-order valence-electron chi connectivity index (χ4n) is 3.94. The van der Waals surface area contributed by atoms with Crippen molar-refractivity contribution < 1.29 is 28.6 Å². The molecule has 34 heavy (non-hydrogen) atoms. The summed E-state index contributed by atoms with van der Waals surface area (Å²) >= 11 is 0. The summed E-state index contributed by atoms with van der Waals surface area (Å²) in [5.74, 6) is 0.245. The summed E-state index contributed by atoms with van der Waals surface area (Å²) in [6.07, 6.45) is -0.198. The molecule has 0 aliphatic carbocycles. The highest BCUT2D eigenvalue weighted by molar-refractivity contribution is 6.00. The van der Waals surface area contributed by atoms with Crippen LogP contribution in [-0.2, 0) is 16.1 Å². The van der Waals surface area contributed by atoms with Crippen LogP contribution in [0, 0.1) is 13.8 Å². The number of aryl methyl sites for hydroxylation is 1. The highest BCUT2D eigenvalue weighted by Crippen LogP contribution is 2.31. The van der Waals surface area contributed by atoms with Crippen molar-refractivity contribution in [2.75, 3.05) is 18.5 Å². The van der Waals surface area contributed by atoms with Gasteiger partial charge in [-0.1, -0.05) is 18.2 Å². The monoisotopic (exact) mass is 462 g/mol. The molecule has 1 aromatic heterocycles. The number of benzene rings is 2. The summed E-state index contributed by atoms with van der Waals surface area (Å²) in [4.78, 5) is 36.5. The number of aromatic nitrogens is 1. The number of carbonyl (C=O) groups is 3.